The minimum Gasteiger partial charge on any atom is -0.470 e. The van der Waals surface area contributed by atoms with Gasteiger partial charge in [0.1, 0.15) is 28.6 Å². The van der Waals surface area contributed by atoms with E-state index < -0.39 is 15.9 Å². The van der Waals surface area contributed by atoms with Gasteiger partial charge in [0.2, 0.25) is 10.0 Å². The third-order valence-corrected chi connectivity index (χ3v) is 9.20. The number of carbonyl (C=O) groups is 1. The van der Waals surface area contributed by atoms with Gasteiger partial charge in [-0.25, -0.2) is 17.8 Å². The van der Waals surface area contributed by atoms with E-state index >= 15 is 0 Å². The van der Waals surface area contributed by atoms with Crippen molar-refractivity contribution < 1.29 is 26.8 Å². The molecule has 228 valence electrons. The lowest BCUT2D eigenvalue weighted by molar-refractivity contribution is 0.0964. The number of pyridine rings is 2. The third kappa shape index (κ3) is 4.63. The minimum absolute atomic E-state index is 0.154. The molecule has 4 aromatic heterocycles. The van der Waals surface area contributed by atoms with Crippen LogP contribution in [0.2, 0.25) is 0 Å². The van der Waals surface area contributed by atoms with E-state index in [2.05, 4.69) is 10.0 Å². The van der Waals surface area contributed by atoms with Crippen molar-refractivity contribution in [3.05, 3.63) is 88.6 Å². The number of hydrogen-bond acceptors (Lipinski definition) is 7. The summed E-state index contributed by atoms with van der Waals surface area (Å²) >= 11 is 0. The molecule has 0 aliphatic carbocycles. The van der Waals surface area contributed by atoms with E-state index in [1.54, 1.807) is 55.7 Å². The first-order valence-corrected chi connectivity index (χ1v) is 15.7. The van der Waals surface area contributed by atoms with Crippen LogP contribution in [-0.4, -0.2) is 41.2 Å². The molecule has 0 bridgehead atoms. The molecule has 0 unspecified atom stereocenters. The van der Waals surface area contributed by atoms with Crippen molar-refractivity contribution in [1.29, 1.82) is 0 Å². The van der Waals surface area contributed by atoms with Gasteiger partial charge in [-0.1, -0.05) is 6.07 Å². The van der Waals surface area contributed by atoms with Crippen molar-refractivity contribution in [3.8, 4) is 39.7 Å². The number of ether oxygens (including phenoxy) is 1. The number of anilines is 1. The maximum Gasteiger partial charge on any atom is 0.255 e. The maximum absolute atomic E-state index is 14.7. The SMILES string of the molecule is CCS(=O)(=O)Nc1cc2oc(-c3ccn(C)c(=O)c3)c(C(=O)NC)c2cc1-c1ccc2c(n1)-c1cc3c(F)cccc3n1CO2. The molecule has 1 amide bonds. The number of aryl methyl sites for hydroxylation is 1. The molecule has 5 heterocycles. The summed E-state index contributed by atoms with van der Waals surface area (Å²) in [5.41, 5.74) is 3.11. The first-order valence-electron chi connectivity index (χ1n) is 14.0. The zero-order chi connectivity index (χ0) is 31.6. The number of sulfonamides is 1. The van der Waals surface area contributed by atoms with E-state index in [9.17, 15) is 22.4 Å². The Morgan fingerprint density at radius 2 is 1.91 bits per heavy atom. The molecule has 7 rings (SSSR count). The minimum atomic E-state index is -3.76. The van der Waals surface area contributed by atoms with Crippen LogP contribution in [0.5, 0.6) is 5.75 Å². The van der Waals surface area contributed by atoms with Gasteiger partial charge >= 0.3 is 0 Å². The zero-order valence-corrected chi connectivity index (χ0v) is 25.2. The summed E-state index contributed by atoms with van der Waals surface area (Å²) < 4.78 is 58.2. The summed E-state index contributed by atoms with van der Waals surface area (Å²) in [6.45, 7) is 1.68. The highest BCUT2D eigenvalue weighted by molar-refractivity contribution is 7.92. The van der Waals surface area contributed by atoms with Gasteiger partial charge in [0, 0.05) is 54.3 Å². The number of aromatic nitrogens is 3. The van der Waals surface area contributed by atoms with Gasteiger partial charge in [-0.15, -0.1) is 0 Å². The van der Waals surface area contributed by atoms with Crippen LogP contribution >= 0.6 is 0 Å². The molecule has 0 fully saturated rings. The van der Waals surface area contributed by atoms with E-state index in [0.717, 1.165) is 0 Å². The first-order chi connectivity index (χ1) is 21.6. The fourth-order valence-corrected chi connectivity index (χ4v) is 6.18. The van der Waals surface area contributed by atoms with Crippen LogP contribution in [0.15, 0.2) is 76.1 Å². The Morgan fingerprint density at radius 1 is 1.09 bits per heavy atom. The van der Waals surface area contributed by atoms with Crippen molar-refractivity contribution in [3.63, 3.8) is 0 Å². The Morgan fingerprint density at radius 3 is 2.67 bits per heavy atom. The first kappa shape index (κ1) is 28.3. The number of amides is 1. The lowest BCUT2D eigenvalue weighted by Crippen LogP contribution is -2.19. The maximum atomic E-state index is 14.7. The average Bonchev–Trinajstić information content (AvgIpc) is 3.61. The molecular weight excluding hydrogens is 601 g/mol. The molecule has 0 spiro atoms. The number of carbonyl (C=O) groups excluding carboxylic acids is 1. The van der Waals surface area contributed by atoms with Crippen molar-refractivity contribution in [2.45, 2.75) is 13.7 Å². The predicted octanol–water partition coefficient (Wildman–Crippen LogP) is 5.09. The van der Waals surface area contributed by atoms with E-state index in [0.29, 0.717) is 50.2 Å². The fraction of sp³-hybridized carbons (Fsp3) is 0.156. The van der Waals surface area contributed by atoms with Crippen LogP contribution in [0.25, 0.3) is 55.8 Å². The molecule has 0 saturated heterocycles. The topological polar surface area (TPSA) is 137 Å². The molecule has 45 heavy (non-hydrogen) atoms. The quantitative estimate of drug-likeness (QED) is 0.262. The van der Waals surface area contributed by atoms with Gasteiger partial charge < -0.3 is 23.6 Å². The molecule has 0 atom stereocenters. The summed E-state index contributed by atoms with van der Waals surface area (Å²) in [6, 6.07) is 16.1. The van der Waals surface area contributed by atoms with Crippen LogP contribution in [0.4, 0.5) is 10.1 Å². The van der Waals surface area contributed by atoms with E-state index in [1.807, 2.05) is 4.57 Å². The van der Waals surface area contributed by atoms with Gasteiger partial charge in [0.25, 0.3) is 11.5 Å². The van der Waals surface area contributed by atoms with Crippen LogP contribution in [0.3, 0.4) is 0 Å². The molecule has 6 aromatic rings. The molecule has 0 saturated carbocycles. The van der Waals surface area contributed by atoms with Crippen LogP contribution < -0.4 is 20.3 Å². The highest BCUT2D eigenvalue weighted by Gasteiger charge is 2.27. The van der Waals surface area contributed by atoms with Crippen LogP contribution in [0, 0.1) is 5.82 Å². The number of benzene rings is 2. The van der Waals surface area contributed by atoms with Crippen molar-refractivity contribution in [2.75, 3.05) is 17.5 Å². The van der Waals surface area contributed by atoms with E-state index in [4.69, 9.17) is 14.1 Å². The second kappa shape index (κ2) is 10.3. The fourth-order valence-electron chi connectivity index (χ4n) is 5.54. The summed E-state index contributed by atoms with van der Waals surface area (Å²) in [7, 11) is -0.675. The Balaban J connectivity index is 1.48. The van der Waals surface area contributed by atoms with Gasteiger partial charge in [-0.05, 0) is 49.4 Å². The lowest BCUT2D eigenvalue weighted by atomic mass is 10.0. The summed E-state index contributed by atoms with van der Waals surface area (Å²) in [4.78, 5) is 30.6. The third-order valence-electron chi connectivity index (χ3n) is 7.91. The second-order valence-electron chi connectivity index (χ2n) is 10.6. The molecular formula is C32H26FN5O6S. The van der Waals surface area contributed by atoms with Gasteiger partial charge in [0.15, 0.2) is 6.73 Å². The number of nitrogens with zero attached hydrogens (tertiary/aromatic N) is 3. The summed E-state index contributed by atoms with van der Waals surface area (Å²) in [6.07, 6.45) is 1.56. The van der Waals surface area contributed by atoms with E-state index in [1.165, 1.54) is 36.7 Å². The molecule has 13 heteroatoms. The standard InChI is InChI=1S/C32H26FN5O6S/c1-4-45(41,42)36-23-15-27-20(29(32(40)34-2)31(44-27)17-10-11-37(3)28(39)12-17)13-19(23)22-8-9-26-30(35-22)25-14-18-21(33)6-5-7-24(18)38(25)16-43-26/h5-15,36H,4,16H2,1-3H3,(H,34,40). The Kier molecular flexibility index (Phi) is 6.51. The van der Waals surface area contributed by atoms with E-state index in [-0.39, 0.29) is 46.5 Å². The largest absolute Gasteiger partial charge is 0.470 e. The molecule has 2 N–H and O–H groups in total. The summed E-state index contributed by atoms with van der Waals surface area (Å²) in [5.74, 6) is -0.393. The van der Waals surface area contributed by atoms with Gasteiger partial charge in [0.05, 0.1) is 33.9 Å². The number of hydrogen-bond donors (Lipinski definition) is 2. The summed E-state index contributed by atoms with van der Waals surface area (Å²) in [5, 5.41) is 3.43. The Hall–Kier alpha value is -5.43. The number of furan rings is 1. The second-order valence-corrected chi connectivity index (χ2v) is 12.6. The van der Waals surface area contributed by atoms with Crippen LogP contribution in [0.1, 0.15) is 17.3 Å². The predicted molar refractivity (Wildman–Crippen MR) is 168 cm³/mol. The van der Waals surface area contributed by atoms with Gasteiger partial charge in [-0.2, -0.15) is 0 Å². The monoisotopic (exact) mass is 627 g/mol. The Labute approximate surface area is 255 Å². The molecule has 2 aromatic carbocycles. The lowest BCUT2D eigenvalue weighted by Gasteiger charge is -2.21. The zero-order valence-electron chi connectivity index (χ0n) is 24.3. The number of fused-ring (bicyclic) bond motifs is 6. The normalized spacial score (nSPS) is 12.5. The van der Waals surface area contributed by atoms with Crippen molar-refractivity contribution in [1.82, 2.24) is 19.4 Å². The number of rotatable bonds is 6. The Bertz CT molecular complexity index is 2370. The molecule has 0 radical (unpaired) electrons. The van der Waals surface area contributed by atoms with Gasteiger partial charge in [-0.3, -0.25) is 14.3 Å². The average molecular weight is 628 g/mol. The highest BCUT2D eigenvalue weighted by atomic mass is 32.2. The number of halogens is 1. The highest BCUT2D eigenvalue weighted by Crippen LogP contribution is 2.42. The molecule has 1 aliphatic rings. The van der Waals surface area contributed by atoms with Crippen LogP contribution in [-0.2, 0) is 23.8 Å². The molecule has 11 nitrogen and oxygen atoms in total. The molecule has 1 aliphatic heterocycles. The number of nitrogens with one attached hydrogen (secondary N) is 2. The smallest absolute Gasteiger partial charge is 0.255 e. The van der Waals surface area contributed by atoms with Crippen molar-refractivity contribution in [2.24, 2.45) is 7.05 Å². The van der Waals surface area contributed by atoms with Crippen molar-refractivity contribution >= 4 is 43.5 Å².